The molecule has 1 aliphatic rings. The number of anilines is 1. The molecule has 0 aliphatic carbocycles. The molecular weight excluding hydrogens is 284 g/mol. The van der Waals surface area contributed by atoms with E-state index in [0.29, 0.717) is 12.2 Å². The third-order valence-electron chi connectivity index (χ3n) is 3.73. The third kappa shape index (κ3) is 4.78. The van der Waals surface area contributed by atoms with Crippen LogP contribution in [0.1, 0.15) is 13.3 Å². The monoisotopic (exact) mass is 306 g/mol. The molecule has 0 unspecified atom stereocenters. The molecule has 2 rings (SSSR count). The smallest absolute Gasteiger partial charge is 0.269 e. The average molecular weight is 306 g/mol. The fourth-order valence-corrected chi connectivity index (χ4v) is 2.56. The number of rotatable bonds is 6. The van der Waals surface area contributed by atoms with Gasteiger partial charge in [-0.15, -0.1) is 0 Å². The Bertz CT molecular complexity index is 510. The van der Waals surface area contributed by atoms with E-state index in [1.165, 1.54) is 12.1 Å². The zero-order chi connectivity index (χ0) is 15.9. The fraction of sp³-hybridized carbons (Fsp3) is 0.533. The van der Waals surface area contributed by atoms with Crippen molar-refractivity contribution in [3.05, 3.63) is 34.4 Å². The summed E-state index contributed by atoms with van der Waals surface area (Å²) in [6.07, 6.45) is 1.15. The highest BCUT2D eigenvalue weighted by molar-refractivity contribution is 5.92. The van der Waals surface area contributed by atoms with Crippen LogP contribution in [0.5, 0.6) is 0 Å². The van der Waals surface area contributed by atoms with Crippen molar-refractivity contribution in [1.82, 2.24) is 9.80 Å². The standard InChI is InChI=1S/C15H22N4O3/c1-2-7-17-8-10-18(11-9-17)12-15(20)16-13-3-5-14(6-4-13)19(21)22/h3-6H,2,7-12H2,1H3,(H,16,20). The number of carbonyl (C=O) groups is 1. The Morgan fingerprint density at radius 1 is 1.18 bits per heavy atom. The molecule has 0 radical (unpaired) electrons. The molecule has 0 aromatic heterocycles. The fourth-order valence-electron chi connectivity index (χ4n) is 2.56. The van der Waals surface area contributed by atoms with E-state index in [1.807, 2.05) is 0 Å². The van der Waals surface area contributed by atoms with Crippen molar-refractivity contribution in [2.24, 2.45) is 0 Å². The third-order valence-corrected chi connectivity index (χ3v) is 3.73. The van der Waals surface area contributed by atoms with Crippen LogP contribution in [0, 0.1) is 10.1 Å². The Balaban J connectivity index is 1.77. The largest absolute Gasteiger partial charge is 0.325 e. The van der Waals surface area contributed by atoms with Gasteiger partial charge in [-0.05, 0) is 25.1 Å². The summed E-state index contributed by atoms with van der Waals surface area (Å²) in [5.74, 6) is -0.0854. The molecule has 1 aliphatic heterocycles. The Morgan fingerprint density at radius 3 is 2.32 bits per heavy atom. The van der Waals surface area contributed by atoms with Crippen molar-refractivity contribution in [1.29, 1.82) is 0 Å². The van der Waals surface area contributed by atoms with E-state index in [0.717, 1.165) is 39.1 Å². The van der Waals surface area contributed by atoms with Crippen molar-refractivity contribution in [3.63, 3.8) is 0 Å². The lowest BCUT2D eigenvalue weighted by molar-refractivity contribution is -0.384. The van der Waals surface area contributed by atoms with E-state index in [1.54, 1.807) is 12.1 Å². The second kappa shape index (κ2) is 7.86. The highest BCUT2D eigenvalue weighted by Gasteiger charge is 2.18. The van der Waals surface area contributed by atoms with Crippen LogP contribution in [0.15, 0.2) is 24.3 Å². The van der Waals surface area contributed by atoms with E-state index in [-0.39, 0.29) is 11.6 Å². The number of amides is 1. The summed E-state index contributed by atoms with van der Waals surface area (Å²) in [6.45, 7) is 7.43. The van der Waals surface area contributed by atoms with Crippen molar-refractivity contribution in [2.75, 3.05) is 44.6 Å². The summed E-state index contributed by atoms with van der Waals surface area (Å²) in [6, 6.07) is 5.88. The molecule has 1 aromatic rings. The topological polar surface area (TPSA) is 78.7 Å². The van der Waals surface area contributed by atoms with Crippen LogP contribution in [0.4, 0.5) is 11.4 Å². The molecule has 1 N–H and O–H groups in total. The number of nitrogens with zero attached hydrogens (tertiary/aromatic N) is 3. The van der Waals surface area contributed by atoms with Crippen LogP contribution >= 0.6 is 0 Å². The van der Waals surface area contributed by atoms with Gasteiger partial charge in [-0.2, -0.15) is 0 Å². The summed E-state index contributed by atoms with van der Waals surface area (Å²) in [5.41, 5.74) is 0.602. The lowest BCUT2D eigenvalue weighted by Crippen LogP contribution is -2.48. The van der Waals surface area contributed by atoms with Gasteiger partial charge in [-0.1, -0.05) is 6.92 Å². The van der Waals surface area contributed by atoms with E-state index in [4.69, 9.17) is 0 Å². The van der Waals surface area contributed by atoms with Gasteiger partial charge in [-0.25, -0.2) is 0 Å². The van der Waals surface area contributed by atoms with Crippen LogP contribution in [0.3, 0.4) is 0 Å². The number of hydrogen-bond acceptors (Lipinski definition) is 5. The number of nitro benzene ring substituents is 1. The molecule has 1 aromatic carbocycles. The minimum atomic E-state index is -0.457. The molecule has 0 atom stereocenters. The molecule has 0 bridgehead atoms. The van der Waals surface area contributed by atoms with Gasteiger partial charge in [0.05, 0.1) is 11.5 Å². The van der Waals surface area contributed by atoms with E-state index in [2.05, 4.69) is 22.0 Å². The zero-order valence-electron chi connectivity index (χ0n) is 12.8. The maximum Gasteiger partial charge on any atom is 0.269 e. The summed E-state index contributed by atoms with van der Waals surface area (Å²) >= 11 is 0. The van der Waals surface area contributed by atoms with Gasteiger partial charge in [0.1, 0.15) is 0 Å². The number of nitro groups is 1. The minimum Gasteiger partial charge on any atom is -0.325 e. The summed E-state index contributed by atoms with van der Waals surface area (Å²) in [7, 11) is 0. The molecule has 120 valence electrons. The summed E-state index contributed by atoms with van der Waals surface area (Å²) in [5, 5.41) is 13.4. The number of hydrogen-bond donors (Lipinski definition) is 1. The first-order chi connectivity index (χ1) is 10.6. The molecule has 1 heterocycles. The number of carbonyl (C=O) groups excluding carboxylic acids is 1. The van der Waals surface area contributed by atoms with Gasteiger partial charge in [-0.3, -0.25) is 19.8 Å². The number of piperazine rings is 1. The Labute approximate surface area is 130 Å². The average Bonchev–Trinajstić information content (AvgIpc) is 2.50. The number of non-ortho nitro benzene ring substituents is 1. The lowest BCUT2D eigenvalue weighted by atomic mass is 10.2. The van der Waals surface area contributed by atoms with Crippen LogP contribution in [-0.4, -0.2) is 59.9 Å². The van der Waals surface area contributed by atoms with Gasteiger partial charge >= 0.3 is 0 Å². The van der Waals surface area contributed by atoms with Crippen LogP contribution < -0.4 is 5.32 Å². The highest BCUT2D eigenvalue weighted by atomic mass is 16.6. The predicted molar refractivity (Wildman–Crippen MR) is 84.9 cm³/mol. The number of nitrogens with one attached hydrogen (secondary N) is 1. The van der Waals surface area contributed by atoms with E-state index >= 15 is 0 Å². The second-order valence-corrected chi connectivity index (χ2v) is 5.47. The van der Waals surface area contributed by atoms with Crippen molar-refractivity contribution in [3.8, 4) is 0 Å². The molecule has 0 spiro atoms. The first-order valence-corrected chi connectivity index (χ1v) is 7.57. The Kier molecular flexibility index (Phi) is 5.85. The van der Waals surface area contributed by atoms with Gasteiger partial charge in [0, 0.05) is 44.0 Å². The van der Waals surface area contributed by atoms with Gasteiger partial charge in [0.15, 0.2) is 0 Å². The summed E-state index contributed by atoms with van der Waals surface area (Å²) < 4.78 is 0. The van der Waals surface area contributed by atoms with Crippen molar-refractivity contribution >= 4 is 17.3 Å². The van der Waals surface area contributed by atoms with Crippen LogP contribution in [0.2, 0.25) is 0 Å². The molecule has 0 saturated carbocycles. The van der Waals surface area contributed by atoms with E-state index in [9.17, 15) is 14.9 Å². The van der Waals surface area contributed by atoms with E-state index < -0.39 is 4.92 Å². The SMILES string of the molecule is CCCN1CCN(CC(=O)Nc2ccc([N+](=O)[O-])cc2)CC1. The predicted octanol–water partition coefficient (Wildman–Crippen LogP) is 1.56. The minimum absolute atomic E-state index is 0.0186. The molecular formula is C15H22N4O3. The number of benzene rings is 1. The maximum absolute atomic E-state index is 12.0. The highest BCUT2D eigenvalue weighted by Crippen LogP contribution is 2.15. The normalized spacial score (nSPS) is 16.4. The van der Waals surface area contributed by atoms with Crippen molar-refractivity contribution in [2.45, 2.75) is 13.3 Å². The van der Waals surface area contributed by atoms with Gasteiger partial charge in [0.2, 0.25) is 5.91 Å². The zero-order valence-corrected chi connectivity index (χ0v) is 12.8. The quantitative estimate of drug-likeness (QED) is 0.637. The first kappa shape index (κ1) is 16.4. The summed E-state index contributed by atoms with van der Waals surface area (Å²) in [4.78, 5) is 26.7. The van der Waals surface area contributed by atoms with Gasteiger partial charge in [0.25, 0.3) is 5.69 Å². The second-order valence-electron chi connectivity index (χ2n) is 5.47. The lowest BCUT2D eigenvalue weighted by Gasteiger charge is -2.34. The molecule has 7 nitrogen and oxygen atoms in total. The van der Waals surface area contributed by atoms with Crippen molar-refractivity contribution < 1.29 is 9.72 Å². The molecule has 1 amide bonds. The molecule has 22 heavy (non-hydrogen) atoms. The first-order valence-electron chi connectivity index (χ1n) is 7.57. The maximum atomic E-state index is 12.0. The molecule has 1 fully saturated rings. The van der Waals surface area contributed by atoms with Crippen LogP contribution in [0.25, 0.3) is 0 Å². The Morgan fingerprint density at radius 2 is 1.77 bits per heavy atom. The molecule has 1 saturated heterocycles. The Hall–Kier alpha value is -1.99. The molecule has 7 heteroatoms. The van der Waals surface area contributed by atoms with Gasteiger partial charge < -0.3 is 10.2 Å². The van der Waals surface area contributed by atoms with Crippen LogP contribution in [-0.2, 0) is 4.79 Å².